The second-order valence-electron chi connectivity index (χ2n) is 3.63. The van der Waals surface area contributed by atoms with Crippen molar-refractivity contribution in [3.05, 3.63) is 12.2 Å². The number of H-pyrrole nitrogens is 1. The van der Waals surface area contributed by atoms with Gasteiger partial charge in [-0.15, -0.1) is 0 Å². The lowest BCUT2D eigenvalue weighted by Gasteiger charge is -2.19. The van der Waals surface area contributed by atoms with Gasteiger partial charge in [-0.25, -0.2) is 4.98 Å². The third-order valence-electron chi connectivity index (χ3n) is 2.84. The average Bonchev–Trinajstić information content (AvgIpc) is 2.73. The van der Waals surface area contributed by atoms with Gasteiger partial charge >= 0.3 is 0 Å². The molecule has 0 saturated heterocycles. The molecule has 2 N–H and O–H groups in total. The van der Waals surface area contributed by atoms with Crippen molar-refractivity contribution in [2.24, 2.45) is 5.92 Å². The van der Waals surface area contributed by atoms with Gasteiger partial charge in [-0.3, -0.25) is 5.10 Å². The second-order valence-corrected chi connectivity index (χ2v) is 3.63. The molecule has 14 heavy (non-hydrogen) atoms. The van der Waals surface area contributed by atoms with Crippen molar-refractivity contribution in [1.29, 1.82) is 0 Å². The van der Waals surface area contributed by atoms with Crippen LogP contribution in [0, 0.1) is 5.92 Å². The molecule has 0 aliphatic carbocycles. The number of aromatic nitrogens is 3. The Balaban J connectivity index is 2.55. The predicted molar refractivity (Wildman–Crippen MR) is 56.9 cm³/mol. The predicted octanol–water partition coefficient (Wildman–Crippen LogP) is 1.89. The Morgan fingerprint density at radius 1 is 1.43 bits per heavy atom. The molecule has 1 unspecified atom stereocenters. The molecule has 1 rings (SSSR count). The number of aromatic amines is 1. The van der Waals surface area contributed by atoms with Crippen molar-refractivity contribution in [3.8, 4) is 0 Å². The van der Waals surface area contributed by atoms with E-state index in [2.05, 4.69) is 34.3 Å². The van der Waals surface area contributed by atoms with Crippen LogP contribution < -0.4 is 5.32 Å². The van der Waals surface area contributed by atoms with E-state index in [1.165, 1.54) is 12.8 Å². The van der Waals surface area contributed by atoms with E-state index in [9.17, 15) is 0 Å². The minimum absolute atomic E-state index is 0.308. The Bertz CT molecular complexity index is 228. The zero-order valence-electron chi connectivity index (χ0n) is 9.25. The van der Waals surface area contributed by atoms with Gasteiger partial charge in [-0.2, -0.15) is 5.10 Å². The summed E-state index contributed by atoms with van der Waals surface area (Å²) in [5.41, 5.74) is 0. The fraction of sp³-hybridized carbons (Fsp3) is 0.800. The van der Waals surface area contributed by atoms with Crippen LogP contribution in [0.25, 0.3) is 0 Å². The van der Waals surface area contributed by atoms with Gasteiger partial charge in [0, 0.05) is 0 Å². The molecule has 1 heterocycles. The maximum atomic E-state index is 4.18. The molecule has 4 nitrogen and oxygen atoms in total. The highest BCUT2D eigenvalue weighted by Crippen LogP contribution is 2.22. The zero-order valence-corrected chi connectivity index (χ0v) is 9.25. The number of nitrogens with one attached hydrogen (secondary N) is 2. The van der Waals surface area contributed by atoms with Crippen LogP contribution in [-0.4, -0.2) is 22.2 Å². The van der Waals surface area contributed by atoms with E-state index in [0.717, 1.165) is 18.2 Å². The van der Waals surface area contributed by atoms with Crippen LogP contribution in [0.3, 0.4) is 0 Å². The minimum atomic E-state index is 0.308. The van der Waals surface area contributed by atoms with Crippen molar-refractivity contribution in [2.75, 3.05) is 7.05 Å². The summed E-state index contributed by atoms with van der Waals surface area (Å²) in [7, 11) is 1.97. The fourth-order valence-electron chi connectivity index (χ4n) is 1.70. The van der Waals surface area contributed by atoms with Crippen molar-refractivity contribution >= 4 is 0 Å². The monoisotopic (exact) mass is 196 g/mol. The van der Waals surface area contributed by atoms with Gasteiger partial charge in [-0.05, 0) is 19.4 Å². The zero-order chi connectivity index (χ0) is 10.4. The first-order valence-corrected chi connectivity index (χ1v) is 5.34. The summed E-state index contributed by atoms with van der Waals surface area (Å²) in [6.45, 7) is 4.47. The Kier molecular flexibility index (Phi) is 4.59. The van der Waals surface area contributed by atoms with Gasteiger partial charge in [-0.1, -0.05) is 26.7 Å². The van der Waals surface area contributed by atoms with Crippen molar-refractivity contribution in [3.63, 3.8) is 0 Å². The van der Waals surface area contributed by atoms with Gasteiger partial charge < -0.3 is 5.32 Å². The molecule has 0 radical (unpaired) electrons. The maximum absolute atomic E-state index is 4.18. The molecule has 0 amide bonds. The van der Waals surface area contributed by atoms with Crippen molar-refractivity contribution < 1.29 is 0 Å². The van der Waals surface area contributed by atoms with Crippen molar-refractivity contribution in [2.45, 2.75) is 39.2 Å². The quantitative estimate of drug-likeness (QED) is 0.730. The van der Waals surface area contributed by atoms with Crippen LogP contribution >= 0.6 is 0 Å². The number of hydrogen-bond donors (Lipinski definition) is 2. The van der Waals surface area contributed by atoms with Crippen LogP contribution in [-0.2, 0) is 0 Å². The van der Waals surface area contributed by atoms with Gasteiger partial charge in [0.15, 0.2) is 0 Å². The molecule has 80 valence electrons. The lowest BCUT2D eigenvalue weighted by atomic mass is 9.94. The largest absolute Gasteiger partial charge is 0.310 e. The summed E-state index contributed by atoms with van der Waals surface area (Å²) < 4.78 is 0. The molecule has 0 fully saturated rings. The molecular formula is C10H20N4. The summed E-state index contributed by atoms with van der Waals surface area (Å²) in [5.74, 6) is 1.71. The molecule has 0 saturated carbocycles. The van der Waals surface area contributed by atoms with Crippen molar-refractivity contribution in [1.82, 2.24) is 20.5 Å². The van der Waals surface area contributed by atoms with Gasteiger partial charge in [0.2, 0.25) is 0 Å². The molecule has 1 aromatic heterocycles. The van der Waals surface area contributed by atoms with Gasteiger partial charge in [0.25, 0.3) is 0 Å². The summed E-state index contributed by atoms with van der Waals surface area (Å²) in [6, 6.07) is 0.308. The first-order valence-electron chi connectivity index (χ1n) is 5.34. The highest BCUT2D eigenvalue weighted by atomic mass is 15.2. The average molecular weight is 196 g/mol. The fourth-order valence-corrected chi connectivity index (χ4v) is 1.70. The molecule has 0 bridgehead atoms. The van der Waals surface area contributed by atoms with Crippen LogP contribution in [0.1, 0.15) is 45.0 Å². The topological polar surface area (TPSA) is 53.6 Å². The lowest BCUT2D eigenvalue weighted by Crippen LogP contribution is -2.20. The number of hydrogen-bond acceptors (Lipinski definition) is 3. The van der Waals surface area contributed by atoms with E-state index in [-0.39, 0.29) is 0 Å². The van der Waals surface area contributed by atoms with Crippen LogP contribution in [0.15, 0.2) is 6.33 Å². The first-order chi connectivity index (χ1) is 6.81. The first kappa shape index (κ1) is 11.2. The molecule has 1 atom stereocenters. The SMILES string of the molecule is CCC(CC)CC(NC)c1ncn[nH]1. The van der Waals surface area contributed by atoms with E-state index in [0.29, 0.717) is 6.04 Å². The van der Waals surface area contributed by atoms with Gasteiger partial charge in [0.05, 0.1) is 6.04 Å². The van der Waals surface area contributed by atoms with E-state index in [1.54, 1.807) is 6.33 Å². The standard InChI is InChI=1S/C10H20N4/c1-4-8(5-2)6-9(11-3)10-12-7-13-14-10/h7-9,11H,4-6H2,1-3H3,(H,12,13,14). The summed E-state index contributed by atoms with van der Waals surface area (Å²) >= 11 is 0. The Hall–Kier alpha value is -0.900. The third-order valence-corrected chi connectivity index (χ3v) is 2.84. The van der Waals surface area contributed by atoms with Crippen LogP contribution in [0.5, 0.6) is 0 Å². The molecule has 0 aliphatic rings. The number of nitrogens with zero attached hydrogens (tertiary/aromatic N) is 2. The van der Waals surface area contributed by atoms with Gasteiger partial charge in [0.1, 0.15) is 12.2 Å². The van der Waals surface area contributed by atoms with Crippen LogP contribution in [0.4, 0.5) is 0 Å². The molecular weight excluding hydrogens is 176 g/mol. The number of rotatable bonds is 6. The highest BCUT2D eigenvalue weighted by Gasteiger charge is 2.16. The maximum Gasteiger partial charge on any atom is 0.141 e. The lowest BCUT2D eigenvalue weighted by molar-refractivity contribution is 0.376. The molecule has 1 aromatic rings. The van der Waals surface area contributed by atoms with Crippen LogP contribution in [0.2, 0.25) is 0 Å². The second kappa shape index (κ2) is 5.75. The van der Waals surface area contributed by atoms with E-state index >= 15 is 0 Å². The molecule has 0 aliphatic heterocycles. The summed E-state index contributed by atoms with van der Waals surface area (Å²) in [6.07, 6.45) is 5.14. The minimum Gasteiger partial charge on any atom is -0.310 e. The molecule has 4 heteroatoms. The van der Waals surface area contributed by atoms with E-state index < -0.39 is 0 Å². The summed E-state index contributed by atoms with van der Waals surface area (Å²) in [4.78, 5) is 4.18. The third kappa shape index (κ3) is 2.80. The molecule has 0 aromatic carbocycles. The summed E-state index contributed by atoms with van der Waals surface area (Å²) in [5, 5.41) is 10.1. The normalized spacial score (nSPS) is 13.4. The highest BCUT2D eigenvalue weighted by molar-refractivity contribution is 4.91. The Labute approximate surface area is 85.5 Å². The Morgan fingerprint density at radius 3 is 2.57 bits per heavy atom. The smallest absolute Gasteiger partial charge is 0.141 e. The van der Waals surface area contributed by atoms with E-state index in [1.807, 2.05) is 7.05 Å². The van der Waals surface area contributed by atoms with E-state index in [4.69, 9.17) is 0 Å². The molecule has 0 spiro atoms. The Morgan fingerprint density at radius 2 is 2.14 bits per heavy atom.